The highest BCUT2D eigenvalue weighted by molar-refractivity contribution is 5.90. The molecular formula is C14H20N4O4. The van der Waals surface area contributed by atoms with E-state index in [1.54, 1.807) is 12.1 Å². The van der Waals surface area contributed by atoms with E-state index in [4.69, 9.17) is 5.73 Å². The molecule has 1 aromatic carbocycles. The molecule has 0 aliphatic carbocycles. The molecule has 8 heteroatoms. The largest absolute Gasteiger partial charge is 0.508 e. The second-order valence-electron chi connectivity index (χ2n) is 4.59. The fourth-order valence-electron chi connectivity index (χ4n) is 1.75. The van der Waals surface area contributed by atoms with Crippen molar-refractivity contribution in [1.82, 2.24) is 16.0 Å². The third kappa shape index (κ3) is 5.80. The average Bonchev–Trinajstić information content (AvgIpc) is 2.53. The van der Waals surface area contributed by atoms with Gasteiger partial charge in [0.25, 0.3) is 0 Å². The first-order valence-corrected chi connectivity index (χ1v) is 6.72. The van der Waals surface area contributed by atoms with Crippen molar-refractivity contribution in [1.29, 1.82) is 0 Å². The van der Waals surface area contributed by atoms with Gasteiger partial charge in [-0.3, -0.25) is 14.4 Å². The number of likely N-dealkylation sites (N-methyl/N-ethyl adjacent to an activating group) is 1. The quantitative estimate of drug-likeness (QED) is 0.407. The molecule has 6 N–H and O–H groups in total. The van der Waals surface area contributed by atoms with Crippen LogP contribution in [0.25, 0.3) is 0 Å². The Hall–Kier alpha value is -2.61. The number of nitrogens with one attached hydrogen (secondary N) is 3. The van der Waals surface area contributed by atoms with E-state index in [1.165, 1.54) is 19.2 Å². The van der Waals surface area contributed by atoms with Crippen molar-refractivity contribution in [2.75, 3.05) is 20.1 Å². The smallest absolute Gasteiger partial charge is 0.242 e. The number of phenols is 1. The van der Waals surface area contributed by atoms with Crippen LogP contribution in [0.2, 0.25) is 0 Å². The van der Waals surface area contributed by atoms with Gasteiger partial charge in [-0.25, -0.2) is 0 Å². The molecule has 0 aromatic heterocycles. The van der Waals surface area contributed by atoms with Crippen LogP contribution in [0.4, 0.5) is 0 Å². The van der Waals surface area contributed by atoms with Crippen molar-refractivity contribution in [2.24, 2.45) is 5.73 Å². The van der Waals surface area contributed by atoms with Gasteiger partial charge in [-0.1, -0.05) is 12.1 Å². The molecule has 22 heavy (non-hydrogen) atoms. The summed E-state index contributed by atoms with van der Waals surface area (Å²) in [6.07, 6.45) is 0.260. The van der Waals surface area contributed by atoms with Gasteiger partial charge in [0, 0.05) is 13.5 Å². The van der Waals surface area contributed by atoms with Crippen LogP contribution in [0.15, 0.2) is 24.3 Å². The Kier molecular flexibility index (Phi) is 6.84. The fraction of sp³-hybridized carbons (Fsp3) is 0.357. The molecule has 0 aliphatic rings. The third-order valence-electron chi connectivity index (χ3n) is 2.91. The topological polar surface area (TPSA) is 134 Å². The van der Waals surface area contributed by atoms with Gasteiger partial charge in [0.2, 0.25) is 17.7 Å². The predicted octanol–water partition coefficient (Wildman–Crippen LogP) is -1.76. The first-order valence-electron chi connectivity index (χ1n) is 6.72. The van der Waals surface area contributed by atoms with E-state index in [0.29, 0.717) is 0 Å². The standard InChI is InChI=1S/C14H20N4O4/c1-16-14(22)11(6-9-2-4-10(19)5-3-9)18-13(21)8-17-12(20)7-15/h2-5,11,19H,6-8,15H2,1H3,(H,16,22)(H,17,20)(H,18,21). The molecule has 0 radical (unpaired) electrons. The van der Waals surface area contributed by atoms with Crippen molar-refractivity contribution in [3.63, 3.8) is 0 Å². The predicted molar refractivity (Wildman–Crippen MR) is 79.9 cm³/mol. The van der Waals surface area contributed by atoms with Gasteiger partial charge in [0.1, 0.15) is 11.8 Å². The maximum Gasteiger partial charge on any atom is 0.242 e. The van der Waals surface area contributed by atoms with Crippen molar-refractivity contribution < 1.29 is 19.5 Å². The Balaban J connectivity index is 2.64. The lowest BCUT2D eigenvalue weighted by atomic mass is 10.0. The molecule has 1 aromatic rings. The maximum atomic E-state index is 11.8. The Morgan fingerprint density at radius 1 is 1.18 bits per heavy atom. The monoisotopic (exact) mass is 308 g/mol. The highest BCUT2D eigenvalue weighted by Crippen LogP contribution is 2.11. The number of hydrogen-bond acceptors (Lipinski definition) is 5. The molecule has 0 saturated heterocycles. The zero-order chi connectivity index (χ0) is 16.5. The summed E-state index contributed by atoms with van der Waals surface area (Å²) in [5.41, 5.74) is 5.89. The highest BCUT2D eigenvalue weighted by Gasteiger charge is 2.20. The van der Waals surface area contributed by atoms with Crippen LogP contribution in [0.5, 0.6) is 5.75 Å². The molecule has 0 saturated carbocycles. The lowest BCUT2D eigenvalue weighted by Gasteiger charge is -2.17. The van der Waals surface area contributed by atoms with Crippen LogP contribution in [0.3, 0.4) is 0 Å². The summed E-state index contributed by atoms with van der Waals surface area (Å²) in [5, 5.41) is 16.6. The van der Waals surface area contributed by atoms with Gasteiger partial charge in [0.15, 0.2) is 0 Å². The molecule has 0 fully saturated rings. The Morgan fingerprint density at radius 3 is 2.36 bits per heavy atom. The van der Waals surface area contributed by atoms with Crippen LogP contribution in [-0.2, 0) is 20.8 Å². The van der Waals surface area contributed by atoms with E-state index in [-0.39, 0.29) is 31.2 Å². The molecular weight excluding hydrogens is 288 g/mol. The summed E-state index contributed by atoms with van der Waals surface area (Å²) in [6.45, 7) is -0.460. The molecule has 0 spiro atoms. The summed E-state index contributed by atoms with van der Waals surface area (Å²) < 4.78 is 0. The number of carbonyl (C=O) groups excluding carboxylic acids is 3. The lowest BCUT2D eigenvalue weighted by molar-refractivity contribution is -0.129. The van der Waals surface area contributed by atoms with Crippen LogP contribution in [-0.4, -0.2) is 49.0 Å². The number of hydrogen-bond donors (Lipinski definition) is 5. The Bertz CT molecular complexity index is 530. The summed E-state index contributed by atoms with van der Waals surface area (Å²) in [5.74, 6) is -1.18. The van der Waals surface area contributed by atoms with E-state index >= 15 is 0 Å². The maximum absolute atomic E-state index is 11.8. The molecule has 120 valence electrons. The SMILES string of the molecule is CNC(=O)C(Cc1ccc(O)cc1)NC(=O)CNC(=O)CN. The van der Waals surface area contributed by atoms with Gasteiger partial charge < -0.3 is 26.8 Å². The number of phenolic OH excluding ortho intramolecular Hbond substituents is 1. The third-order valence-corrected chi connectivity index (χ3v) is 2.91. The number of benzene rings is 1. The number of nitrogens with two attached hydrogens (primary N) is 1. The van der Waals surface area contributed by atoms with Crippen molar-refractivity contribution in [3.05, 3.63) is 29.8 Å². The fourth-order valence-corrected chi connectivity index (χ4v) is 1.75. The number of rotatable bonds is 7. The first-order chi connectivity index (χ1) is 10.5. The van der Waals surface area contributed by atoms with Crippen LogP contribution in [0, 0.1) is 0 Å². The Labute approximate surface area is 128 Å². The van der Waals surface area contributed by atoms with Crippen LogP contribution < -0.4 is 21.7 Å². The molecule has 0 aliphatic heterocycles. The lowest BCUT2D eigenvalue weighted by Crippen LogP contribution is -2.50. The number of amides is 3. The second-order valence-corrected chi connectivity index (χ2v) is 4.59. The summed E-state index contributed by atoms with van der Waals surface area (Å²) in [6, 6.07) is 5.54. The zero-order valence-corrected chi connectivity index (χ0v) is 12.3. The first kappa shape index (κ1) is 17.4. The van der Waals surface area contributed by atoms with E-state index in [1.807, 2.05) is 0 Å². The van der Waals surface area contributed by atoms with E-state index in [2.05, 4.69) is 16.0 Å². The molecule has 3 amide bonds. The van der Waals surface area contributed by atoms with Crippen LogP contribution in [0.1, 0.15) is 5.56 Å². The second kappa shape index (κ2) is 8.63. The minimum absolute atomic E-state index is 0.119. The van der Waals surface area contributed by atoms with Crippen molar-refractivity contribution >= 4 is 17.7 Å². The van der Waals surface area contributed by atoms with Crippen molar-refractivity contribution in [3.8, 4) is 5.75 Å². The molecule has 8 nitrogen and oxygen atoms in total. The van der Waals surface area contributed by atoms with Gasteiger partial charge in [-0.15, -0.1) is 0 Å². The highest BCUT2D eigenvalue weighted by atomic mass is 16.3. The number of carbonyl (C=O) groups is 3. The molecule has 1 rings (SSSR count). The minimum Gasteiger partial charge on any atom is -0.508 e. The van der Waals surface area contributed by atoms with Gasteiger partial charge in [0.05, 0.1) is 13.1 Å². The summed E-state index contributed by atoms with van der Waals surface area (Å²) in [4.78, 5) is 34.6. The summed E-state index contributed by atoms with van der Waals surface area (Å²) in [7, 11) is 1.47. The molecule has 0 heterocycles. The summed E-state index contributed by atoms with van der Waals surface area (Å²) >= 11 is 0. The van der Waals surface area contributed by atoms with E-state index < -0.39 is 17.9 Å². The molecule has 1 unspecified atom stereocenters. The van der Waals surface area contributed by atoms with Crippen LogP contribution >= 0.6 is 0 Å². The minimum atomic E-state index is -0.781. The van der Waals surface area contributed by atoms with E-state index in [9.17, 15) is 19.5 Å². The number of aromatic hydroxyl groups is 1. The molecule has 1 atom stereocenters. The molecule has 0 bridgehead atoms. The normalized spacial score (nSPS) is 11.4. The van der Waals surface area contributed by atoms with Gasteiger partial charge >= 0.3 is 0 Å². The Morgan fingerprint density at radius 2 is 1.82 bits per heavy atom. The average molecular weight is 308 g/mol. The van der Waals surface area contributed by atoms with E-state index in [0.717, 1.165) is 5.56 Å². The zero-order valence-electron chi connectivity index (χ0n) is 12.3. The van der Waals surface area contributed by atoms with Crippen molar-refractivity contribution in [2.45, 2.75) is 12.5 Å². The van der Waals surface area contributed by atoms with Gasteiger partial charge in [-0.05, 0) is 17.7 Å². The van der Waals surface area contributed by atoms with Gasteiger partial charge in [-0.2, -0.15) is 0 Å².